The molecule has 8 heteroatoms. The van der Waals surface area contributed by atoms with Crippen LogP contribution in [0.15, 0.2) is 42.6 Å². The van der Waals surface area contributed by atoms with E-state index in [1.54, 1.807) is 7.11 Å². The Morgan fingerprint density at radius 1 is 1.33 bits per heavy atom. The van der Waals surface area contributed by atoms with Crippen LogP contribution in [0.4, 0.5) is 5.82 Å². The quantitative estimate of drug-likeness (QED) is 0.763. The molecule has 0 atom stereocenters. The van der Waals surface area contributed by atoms with Gasteiger partial charge < -0.3 is 15.2 Å². The van der Waals surface area contributed by atoms with E-state index in [2.05, 4.69) is 10.3 Å². The number of amides is 1. The number of ether oxygens (including phenoxy) is 1. The summed E-state index contributed by atoms with van der Waals surface area (Å²) in [5, 5.41) is 11.6. The first-order valence-corrected chi connectivity index (χ1v) is 8.08. The lowest BCUT2D eigenvalue weighted by Crippen LogP contribution is -2.29. The SMILES string of the molecule is COc1ccc(CN2CC(=O)Nc3ncc(/C=C/C(=O)O)cc3C2)cc1.Cl. The summed E-state index contributed by atoms with van der Waals surface area (Å²) in [7, 11) is 1.62. The van der Waals surface area contributed by atoms with Gasteiger partial charge in [0.25, 0.3) is 0 Å². The molecule has 0 fully saturated rings. The lowest BCUT2D eigenvalue weighted by Gasteiger charge is -2.19. The van der Waals surface area contributed by atoms with Gasteiger partial charge in [-0.25, -0.2) is 9.78 Å². The van der Waals surface area contributed by atoms with Crippen LogP contribution in [0.3, 0.4) is 0 Å². The highest BCUT2D eigenvalue weighted by atomic mass is 35.5. The molecule has 0 bridgehead atoms. The molecule has 0 saturated heterocycles. The van der Waals surface area contributed by atoms with Crippen LogP contribution in [0.1, 0.15) is 16.7 Å². The van der Waals surface area contributed by atoms with Crippen LogP contribution in [-0.2, 0) is 22.7 Å². The van der Waals surface area contributed by atoms with E-state index in [1.165, 1.54) is 12.3 Å². The second-order valence-electron chi connectivity index (χ2n) is 5.99. The number of methoxy groups -OCH3 is 1. The van der Waals surface area contributed by atoms with Crippen LogP contribution in [-0.4, -0.2) is 40.5 Å². The van der Waals surface area contributed by atoms with Crippen molar-refractivity contribution in [2.24, 2.45) is 0 Å². The highest BCUT2D eigenvalue weighted by Crippen LogP contribution is 2.22. The van der Waals surface area contributed by atoms with Crippen LogP contribution >= 0.6 is 12.4 Å². The largest absolute Gasteiger partial charge is 0.497 e. The number of benzene rings is 1. The average Bonchev–Trinajstić information content (AvgIpc) is 2.77. The summed E-state index contributed by atoms with van der Waals surface area (Å²) in [4.78, 5) is 29.1. The normalized spacial score (nSPS) is 14.0. The van der Waals surface area contributed by atoms with Crippen LogP contribution in [0.2, 0.25) is 0 Å². The van der Waals surface area contributed by atoms with Crippen LogP contribution in [0.25, 0.3) is 6.08 Å². The predicted molar refractivity (Wildman–Crippen MR) is 104 cm³/mol. The molecule has 0 unspecified atom stereocenters. The summed E-state index contributed by atoms with van der Waals surface area (Å²) >= 11 is 0. The lowest BCUT2D eigenvalue weighted by atomic mass is 10.1. The topological polar surface area (TPSA) is 91.8 Å². The zero-order valence-electron chi connectivity index (χ0n) is 14.7. The molecule has 1 aliphatic rings. The molecule has 2 heterocycles. The number of hydrogen-bond acceptors (Lipinski definition) is 5. The molecule has 1 amide bonds. The lowest BCUT2D eigenvalue weighted by molar-refractivity contribution is -0.131. The smallest absolute Gasteiger partial charge is 0.328 e. The number of carbonyl (C=O) groups excluding carboxylic acids is 1. The summed E-state index contributed by atoms with van der Waals surface area (Å²) in [6, 6.07) is 9.54. The molecule has 2 aromatic rings. The van der Waals surface area contributed by atoms with E-state index in [1.807, 2.05) is 35.2 Å². The van der Waals surface area contributed by atoms with Crippen molar-refractivity contribution in [3.63, 3.8) is 0 Å². The summed E-state index contributed by atoms with van der Waals surface area (Å²) in [5.74, 6) is 0.152. The Morgan fingerprint density at radius 2 is 2.07 bits per heavy atom. The highest BCUT2D eigenvalue weighted by molar-refractivity contribution is 5.93. The molecule has 1 aliphatic heterocycles. The number of halogens is 1. The van der Waals surface area contributed by atoms with Gasteiger partial charge in [0.05, 0.1) is 13.7 Å². The minimum atomic E-state index is -1.02. The molecule has 1 aromatic carbocycles. The van der Waals surface area contributed by atoms with Gasteiger partial charge in [-0.1, -0.05) is 12.1 Å². The number of nitrogens with zero attached hydrogens (tertiary/aromatic N) is 2. The van der Waals surface area contributed by atoms with Crippen LogP contribution in [0, 0.1) is 0 Å². The van der Waals surface area contributed by atoms with Gasteiger partial charge >= 0.3 is 5.97 Å². The van der Waals surface area contributed by atoms with Crippen molar-refractivity contribution in [1.29, 1.82) is 0 Å². The first-order valence-electron chi connectivity index (χ1n) is 8.08. The van der Waals surface area contributed by atoms with Crippen LogP contribution < -0.4 is 10.1 Å². The highest BCUT2D eigenvalue weighted by Gasteiger charge is 2.20. The Kier molecular flexibility index (Phi) is 6.92. The Bertz CT molecular complexity index is 853. The monoisotopic (exact) mass is 389 g/mol. The second kappa shape index (κ2) is 9.16. The molecule has 0 saturated carbocycles. The molecular formula is C19H20ClN3O4. The third-order valence-corrected chi connectivity index (χ3v) is 3.99. The van der Waals surface area contributed by atoms with E-state index in [9.17, 15) is 9.59 Å². The molecule has 0 radical (unpaired) electrons. The number of carbonyl (C=O) groups is 2. The van der Waals surface area contributed by atoms with Gasteiger partial charge in [0.2, 0.25) is 5.91 Å². The van der Waals surface area contributed by atoms with Crippen molar-refractivity contribution in [2.45, 2.75) is 13.1 Å². The number of nitrogens with one attached hydrogen (secondary N) is 1. The van der Waals surface area contributed by atoms with Crippen molar-refractivity contribution in [1.82, 2.24) is 9.88 Å². The van der Waals surface area contributed by atoms with Gasteiger partial charge in [-0.15, -0.1) is 12.4 Å². The van der Waals surface area contributed by atoms with E-state index in [0.717, 1.165) is 23.0 Å². The third-order valence-electron chi connectivity index (χ3n) is 3.99. The maximum absolute atomic E-state index is 12.1. The summed E-state index contributed by atoms with van der Waals surface area (Å²) < 4.78 is 5.16. The molecular weight excluding hydrogens is 370 g/mol. The van der Waals surface area contributed by atoms with Gasteiger partial charge in [0.15, 0.2) is 0 Å². The Morgan fingerprint density at radius 3 is 2.74 bits per heavy atom. The molecule has 27 heavy (non-hydrogen) atoms. The number of pyridine rings is 1. The molecule has 0 aliphatic carbocycles. The molecule has 142 valence electrons. The average molecular weight is 390 g/mol. The number of anilines is 1. The molecule has 2 N–H and O–H groups in total. The number of fused-ring (bicyclic) bond motifs is 1. The van der Waals surface area contributed by atoms with Crippen molar-refractivity contribution < 1.29 is 19.4 Å². The van der Waals surface area contributed by atoms with E-state index in [4.69, 9.17) is 9.84 Å². The number of aliphatic carboxylic acids is 1. The number of carboxylic acid groups (broad SMARTS) is 1. The van der Waals surface area contributed by atoms with Gasteiger partial charge in [-0.2, -0.15) is 0 Å². The number of aromatic nitrogens is 1. The van der Waals surface area contributed by atoms with E-state index in [-0.39, 0.29) is 24.9 Å². The summed E-state index contributed by atoms with van der Waals surface area (Å²) in [6.45, 7) is 1.39. The Hall–Kier alpha value is -2.90. The maximum atomic E-state index is 12.1. The van der Waals surface area contributed by atoms with Gasteiger partial charge in [0.1, 0.15) is 11.6 Å². The van der Waals surface area contributed by atoms with E-state index >= 15 is 0 Å². The zero-order valence-corrected chi connectivity index (χ0v) is 15.5. The van der Waals surface area contributed by atoms with Gasteiger partial charge in [-0.05, 0) is 35.4 Å². The Balaban J connectivity index is 0.00000261. The van der Waals surface area contributed by atoms with Crippen molar-refractivity contribution >= 4 is 36.2 Å². The summed E-state index contributed by atoms with van der Waals surface area (Å²) in [5.41, 5.74) is 2.58. The van der Waals surface area contributed by atoms with Gasteiger partial charge in [-0.3, -0.25) is 9.69 Å². The van der Waals surface area contributed by atoms with Crippen molar-refractivity contribution in [2.75, 3.05) is 19.0 Å². The number of hydrogen-bond donors (Lipinski definition) is 2. The fourth-order valence-electron chi connectivity index (χ4n) is 2.79. The first kappa shape index (κ1) is 20.4. The molecule has 1 aromatic heterocycles. The second-order valence-corrected chi connectivity index (χ2v) is 5.99. The van der Waals surface area contributed by atoms with E-state index in [0.29, 0.717) is 24.5 Å². The zero-order chi connectivity index (χ0) is 18.5. The number of carboxylic acids is 1. The Labute approximate surface area is 163 Å². The van der Waals surface area contributed by atoms with Gasteiger partial charge in [0, 0.05) is 30.9 Å². The van der Waals surface area contributed by atoms with Crippen molar-refractivity contribution in [3.8, 4) is 5.75 Å². The molecule has 0 spiro atoms. The van der Waals surface area contributed by atoms with Crippen LogP contribution in [0.5, 0.6) is 5.75 Å². The van der Waals surface area contributed by atoms with Crippen molar-refractivity contribution in [3.05, 3.63) is 59.3 Å². The van der Waals surface area contributed by atoms with E-state index < -0.39 is 5.97 Å². The fourth-order valence-corrected chi connectivity index (χ4v) is 2.79. The molecule has 7 nitrogen and oxygen atoms in total. The third kappa shape index (κ3) is 5.54. The predicted octanol–water partition coefficient (Wildman–Crippen LogP) is 2.56. The minimum absolute atomic E-state index is 0. The number of rotatable bonds is 5. The standard InChI is InChI=1S/C19H19N3O4.ClH/c1-26-16-5-2-13(3-6-16)10-22-11-15-8-14(4-7-18(24)25)9-20-19(15)21-17(23)12-22;/h2-9H,10-12H2,1H3,(H,24,25)(H,20,21,23);1H/b7-4+;. The summed E-state index contributed by atoms with van der Waals surface area (Å²) in [6.07, 6.45) is 4.08. The maximum Gasteiger partial charge on any atom is 0.328 e. The fraction of sp³-hybridized carbons (Fsp3) is 0.211. The first-order chi connectivity index (χ1) is 12.5. The minimum Gasteiger partial charge on any atom is -0.497 e. The molecule has 3 rings (SSSR count).